The molecule has 0 aliphatic heterocycles. The number of hydrogen-bond acceptors (Lipinski definition) is 0. The molecule has 0 aromatic carbocycles. The van der Waals surface area contributed by atoms with Gasteiger partial charge >= 0.3 is 0 Å². The van der Waals surface area contributed by atoms with E-state index in [4.69, 9.17) is 0 Å². The molecule has 0 amide bonds. The third-order valence-electron chi connectivity index (χ3n) is 1.89. The molecule has 0 radical (unpaired) electrons. The molecule has 0 heteroatoms. The van der Waals surface area contributed by atoms with Crippen molar-refractivity contribution in [3.8, 4) is 0 Å². The summed E-state index contributed by atoms with van der Waals surface area (Å²) in [6.45, 7) is 5.81. The topological polar surface area (TPSA) is 0 Å². The van der Waals surface area contributed by atoms with E-state index in [0.717, 1.165) is 0 Å². The van der Waals surface area contributed by atoms with E-state index in [1.54, 1.807) is 0 Å². The minimum absolute atomic E-state index is 1.17. The van der Waals surface area contributed by atoms with Crippen LogP contribution < -0.4 is 0 Å². The van der Waals surface area contributed by atoms with Crippen LogP contribution in [-0.2, 0) is 0 Å². The summed E-state index contributed by atoms with van der Waals surface area (Å²) in [6, 6.07) is 0. The van der Waals surface area contributed by atoms with E-state index < -0.39 is 0 Å². The highest BCUT2D eigenvalue weighted by Gasteiger charge is 1.99. The van der Waals surface area contributed by atoms with Crippen molar-refractivity contribution in [2.45, 2.75) is 19.8 Å². The summed E-state index contributed by atoms with van der Waals surface area (Å²) < 4.78 is 0. The third kappa shape index (κ3) is 2.23. The van der Waals surface area contributed by atoms with E-state index >= 15 is 0 Å². The Bertz CT molecular complexity index is 226. The molecular weight excluding hydrogens is 132 g/mol. The molecular formula is C11H14. The molecule has 1 aliphatic carbocycles. The maximum atomic E-state index is 3.67. The highest BCUT2D eigenvalue weighted by Crippen LogP contribution is 2.19. The zero-order valence-electron chi connectivity index (χ0n) is 7.01. The molecule has 0 N–H and O–H groups in total. The molecule has 0 spiro atoms. The third-order valence-corrected chi connectivity index (χ3v) is 1.89. The number of hydrogen-bond donors (Lipinski definition) is 0. The van der Waals surface area contributed by atoms with Gasteiger partial charge in [-0.2, -0.15) is 0 Å². The molecule has 11 heavy (non-hydrogen) atoms. The highest BCUT2D eigenvalue weighted by molar-refractivity contribution is 5.36. The predicted molar refractivity (Wildman–Crippen MR) is 50.4 cm³/mol. The van der Waals surface area contributed by atoms with Crippen molar-refractivity contribution in [1.82, 2.24) is 0 Å². The summed E-state index contributed by atoms with van der Waals surface area (Å²) >= 11 is 0. The molecule has 1 rings (SSSR count). The molecule has 0 aromatic heterocycles. The van der Waals surface area contributed by atoms with Crippen molar-refractivity contribution in [2.75, 3.05) is 0 Å². The molecule has 0 nitrogen and oxygen atoms in total. The lowest BCUT2D eigenvalue weighted by molar-refractivity contribution is 0.968. The largest absolute Gasteiger partial charge is 0.0991 e. The Hall–Kier alpha value is -1.04. The van der Waals surface area contributed by atoms with Crippen LogP contribution in [0.25, 0.3) is 0 Å². The van der Waals surface area contributed by atoms with Gasteiger partial charge in [0.1, 0.15) is 0 Å². The van der Waals surface area contributed by atoms with Gasteiger partial charge in [0.15, 0.2) is 0 Å². The second-order valence-corrected chi connectivity index (χ2v) is 2.74. The van der Waals surface area contributed by atoms with Gasteiger partial charge in [0.05, 0.1) is 0 Å². The summed E-state index contributed by atoms with van der Waals surface area (Å²) in [4.78, 5) is 0. The van der Waals surface area contributed by atoms with Gasteiger partial charge in [-0.25, -0.2) is 0 Å². The lowest BCUT2D eigenvalue weighted by atomic mass is 9.98. The first-order chi connectivity index (χ1) is 5.34. The van der Waals surface area contributed by atoms with Crippen LogP contribution in [0, 0.1) is 0 Å². The Balaban J connectivity index is 2.73. The first-order valence-electron chi connectivity index (χ1n) is 4.00. The van der Waals surface area contributed by atoms with E-state index in [1.165, 1.54) is 24.0 Å². The average molecular weight is 146 g/mol. The summed E-state index contributed by atoms with van der Waals surface area (Å²) in [5, 5.41) is 0. The maximum absolute atomic E-state index is 3.67. The van der Waals surface area contributed by atoms with Gasteiger partial charge in [0.25, 0.3) is 0 Å². The Morgan fingerprint density at radius 2 is 2.45 bits per heavy atom. The van der Waals surface area contributed by atoms with Gasteiger partial charge in [0.2, 0.25) is 0 Å². The van der Waals surface area contributed by atoms with E-state index in [0.29, 0.717) is 0 Å². The molecule has 0 saturated heterocycles. The molecule has 0 aromatic rings. The summed E-state index contributed by atoms with van der Waals surface area (Å²) in [5.74, 6) is 0. The Labute approximate surface area is 68.6 Å². The second kappa shape index (κ2) is 3.97. The van der Waals surface area contributed by atoms with Gasteiger partial charge in [-0.3, -0.25) is 0 Å². The summed E-state index contributed by atoms with van der Waals surface area (Å²) in [7, 11) is 0. The van der Waals surface area contributed by atoms with Crippen LogP contribution in [0.4, 0.5) is 0 Å². The Morgan fingerprint density at radius 1 is 1.64 bits per heavy atom. The lowest BCUT2D eigenvalue weighted by Gasteiger charge is -2.07. The van der Waals surface area contributed by atoms with E-state index in [9.17, 15) is 0 Å². The van der Waals surface area contributed by atoms with Crippen molar-refractivity contribution < 1.29 is 0 Å². The van der Waals surface area contributed by atoms with Crippen molar-refractivity contribution in [2.24, 2.45) is 0 Å². The van der Waals surface area contributed by atoms with Gasteiger partial charge in [-0.1, -0.05) is 37.0 Å². The normalized spacial score (nSPS) is 17.9. The van der Waals surface area contributed by atoms with Crippen LogP contribution in [-0.4, -0.2) is 0 Å². The summed E-state index contributed by atoms with van der Waals surface area (Å²) in [6.07, 6.45) is 12.8. The molecule has 0 fully saturated rings. The van der Waals surface area contributed by atoms with Crippen LogP contribution in [0.2, 0.25) is 0 Å². The monoisotopic (exact) mass is 146 g/mol. The second-order valence-electron chi connectivity index (χ2n) is 2.74. The fraction of sp³-hybridized carbons (Fsp3) is 0.273. The molecule has 0 heterocycles. The van der Waals surface area contributed by atoms with Crippen molar-refractivity contribution in [1.29, 1.82) is 0 Å². The molecule has 58 valence electrons. The molecule has 0 saturated carbocycles. The standard InChI is InChI=1S/C11H14/c1-3-7-10(2)11-8-5-4-6-9-11/h3-5,7-8H,1,6,9H2,2H3/b10-7+. The lowest BCUT2D eigenvalue weighted by Crippen LogP contribution is -1.88. The maximum Gasteiger partial charge on any atom is -0.0241 e. The fourth-order valence-electron chi connectivity index (χ4n) is 1.22. The first kappa shape index (κ1) is 8.06. The molecule has 1 aliphatic rings. The van der Waals surface area contributed by atoms with Crippen molar-refractivity contribution >= 4 is 0 Å². The summed E-state index contributed by atoms with van der Waals surface area (Å²) in [5.41, 5.74) is 2.77. The quantitative estimate of drug-likeness (QED) is 0.524. The van der Waals surface area contributed by atoms with Crippen LogP contribution in [0.5, 0.6) is 0 Å². The smallest absolute Gasteiger partial charge is 0.0241 e. The van der Waals surface area contributed by atoms with Gasteiger partial charge in [-0.05, 0) is 30.9 Å². The number of rotatable bonds is 2. The fourth-order valence-corrected chi connectivity index (χ4v) is 1.22. The first-order valence-corrected chi connectivity index (χ1v) is 4.00. The van der Waals surface area contributed by atoms with Crippen LogP contribution in [0.1, 0.15) is 19.8 Å². The predicted octanol–water partition coefficient (Wildman–Crippen LogP) is 3.40. The SMILES string of the molecule is C=C/C=C(\C)C1=CC=CCC1. The van der Waals surface area contributed by atoms with E-state index in [1.807, 2.05) is 6.08 Å². The zero-order valence-corrected chi connectivity index (χ0v) is 7.01. The molecule has 0 atom stereocenters. The van der Waals surface area contributed by atoms with Gasteiger partial charge < -0.3 is 0 Å². The Kier molecular flexibility index (Phi) is 2.91. The molecule has 0 unspecified atom stereocenters. The minimum Gasteiger partial charge on any atom is -0.0991 e. The van der Waals surface area contributed by atoms with Gasteiger partial charge in [0, 0.05) is 0 Å². The highest BCUT2D eigenvalue weighted by atomic mass is 14.0. The van der Waals surface area contributed by atoms with Crippen LogP contribution in [0.15, 0.2) is 48.1 Å². The van der Waals surface area contributed by atoms with Crippen LogP contribution in [0.3, 0.4) is 0 Å². The average Bonchev–Trinajstić information content (AvgIpc) is 2.07. The van der Waals surface area contributed by atoms with E-state index in [2.05, 4.69) is 37.8 Å². The van der Waals surface area contributed by atoms with Gasteiger partial charge in [-0.15, -0.1) is 0 Å². The van der Waals surface area contributed by atoms with Crippen molar-refractivity contribution in [3.05, 3.63) is 48.1 Å². The minimum atomic E-state index is 1.17. The van der Waals surface area contributed by atoms with E-state index in [-0.39, 0.29) is 0 Å². The van der Waals surface area contributed by atoms with Crippen molar-refractivity contribution in [3.63, 3.8) is 0 Å². The number of allylic oxidation sites excluding steroid dienone is 7. The van der Waals surface area contributed by atoms with Crippen LogP contribution >= 0.6 is 0 Å². The zero-order chi connectivity index (χ0) is 8.10. The molecule has 0 bridgehead atoms. The Morgan fingerprint density at radius 3 is 3.00 bits per heavy atom.